The first kappa shape index (κ1) is 23.4. The minimum atomic E-state index is -0.192. The predicted octanol–water partition coefficient (Wildman–Crippen LogP) is 6.85. The first-order chi connectivity index (χ1) is 17.7. The normalized spacial score (nSPS) is 13.2. The second-order valence-corrected chi connectivity index (χ2v) is 8.96. The lowest BCUT2D eigenvalue weighted by Crippen LogP contribution is -2.30. The lowest BCUT2D eigenvalue weighted by Gasteiger charge is -2.30. The molecule has 0 aliphatic carbocycles. The second-order valence-electron chi connectivity index (χ2n) is 8.96. The van der Waals surface area contributed by atoms with Crippen LogP contribution in [0.2, 0.25) is 0 Å². The fraction of sp³-hybridized carbons (Fsp3) is 0.161. The Hall–Kier alpha value is -4.38. The van der Waals surface area contributed by atoms with Gasteiger partial charge in [-0.05, 0) is 72.9 Å². The zero-order chi connectivity index (χ0) is 24.7. The summed E-state index contributed by atoms with van der Waals surface area (Å²) in [5.74, 6) is -0.367. The highest BCUT2D eigenvalue weighted by molar-refractivity contribution is 6.09. The number of para-hydroxylation sites is 2. The quantitative estimate of drug-likeness (QED) is 0.321. The molecule has 36 heavy (non-hydrogen) atoms. The minimum Gasteiger partial charge on any atom is -0.370 e. The highest BCUT2D eigenvalue weighted by atomic mass is 16.2. The molecule has 1 aliphatic rings. The highest BCUT2D eigenvalue weighted by Gasteiger charge is 2.17. The lowest BCUT2D eigenvalue weighted by atomic mass is 9.99. The maximum atomic E-state index is 13.1. The smallest absolute Gasteiger partial charge is 0.256 e. The van der Waals surface area contributed by atoms with E-state index in [0.29, 0.717) is 16.8 Å². The Morgan fingerprint density at radius 3 is 2.06 bits per heavy atom. The fourth-order valence-electron chi connectivity index (χ4n) is 4.64. The molecular weight excluding hydrogens is 446 g/mol. The Labute approximate surface area is 211 Å². The van der Waals surface area contributed by atoms with Gasteiger partial charge in [-0.15, -0.1) is 0 Å². The van der Waals surface area contributed by atoms with Gasteiger partial charge in [-0.25, -0.2) is 0 Å². The van der Waals surface area contributed by atoms with Crippen molar-refractivity contribution in [3.8, 4) is 11.1 Å². The molecule has 1 aliphatic heterocycles. The van der Waals surface area contributed by atoms with Gasteiger partial charge in [-0.1, -0.05) is 60.7 Å². The predicted molar refractivity (Wildman–Crippen MR) is 147 cm³/mol. The molecule has 0 saturated carbocycles. The number of anilines is 3. The summed E-state index contributed by atoms with van der Waals surface area (Å²) in [6.07, 6.45) is 3.60. The van der Waals surface area contributed by atoms with E-state index in [9.17, 15) is 9.59 Å². The van der Waals surface area contributed by atoms with Crippen molar-refractivity contribution in [1.82, 2.24) is 0 Å². The summed E-state index contributed by atoms with van der Waals surface area (Å²) in [6, 6.07) is 32.3. The van der Waals surface area contributed by atoms with E-state index in [1.54, 1.807) is 24.3 Å². The summed E-state index contributed by atoms with van der Waals surface area (Å²) < 4.78 is 0. The highest BCUT2D eigenvalue weighted by Crippen LogP contribution is 2.29. The van der Waals surface area contributed by atoms with Crippen molar-refractivity contribution >= 4 is 28.9 Å². The molecule has 5 nitrogen and oxygen atoms in total. The Kier molecular flexibility index (Phi) is 7.08. The van der Waals surface area contributed by atoms with Gasteiger partial charge in [0.1, 0.15) is 0 Å². The molecule has 0 atom stereocenters. The van der Waals surface area contributed by atoms with Gasteiger partial charge in [0.15, 0.2) is 0 Å². The van der Waals surface area contributed by atoms with Crippen LogP contribution in [0.15, 0.2) is 103 Å². The Morgan fingerprint density at radius 1 is 0.611 bits per heavy atom. The van der Waals surface area contributed by atoms with E-state index < -0.39 is 0 Å². The second kappa shape index (κ2) is 10.9. The van der Waals surface area contributed by atoms with Crippen LogP contribution in [0.25, 0.3) is 11.1 Å². The number of nitrogens with one attached hydrogen (secondary N) is 2. The molecule has 2 amide bonds. The number of carbonyl (C=O) groups is 2. The zero-order valence-corrected chi connectivity index (χ0v) is 20.1. The first-order valence-corrected chi connectivity index (χ1v) is 12.4. The first-order valence-electron chi connectivity index (χ1n) is 12.4. The van der Waals surface area contributed by atoms with Crippen molar-refractivity contribution < 1.29 is 9.59 Å². The van der Waals surface area contributed by atoms with Crippen LogP contribution in [0.5, 0.6) is 0 Å². The molecule has 1 saturated heterocycles. The summed E-state index contributed by atoms with van der Waals surface area (Å²) in [5, 5.41) is 6.03. The number of rotatable bonds is 6. The largest absolute Gasteiger partial charge is 0.370 e. The van der Waals surface area contributed by atoms with Crippen LogP contribution < -0.4 is 15.5 Å². The minimum absolute atomic E-state index is 0.174. The summed E-state index contributed by atoms with van der Waals surface area (Å²) in [7, 11) is 0. The number of hydrogen-bond donors (Lipinski definition) is 2. The summed E-state index contributed by atoms with van der Waals surface area (Å²) >= 11 is 0. The molecule has 4 aromatic rings. The molecule has 2 N–H and O–H groups in total. The molecule has 0 spiro atoms. The van der Waals surface area contributed by atoms with E-state index in [0.717, 1.165) is 35.6 Å². The molecule has 180 valence electrons. The average molecular weight is 476 g/mol. The van der Waals surface area contributed by atoms with Gasteiger partial charge in [0, 0.05) is 29.9 Å². The number of benzene rings is 4. The van der Waals surface area contributed by atoms with Gasteiger partial charge in [-0.2, -0.15) is 0 Å². The van der Waals surface area contributed by atoms with Crippen molar-refractivity contribution in [2.45, 2.75) is 19.3 Å². The van der Waals surface area contributed by atoms with Gasteiger partial charge >= 0.3 is 0 Å². The fourth-order valence-corrected chi connectivity index (χ4v) is 4.64. The van der Waals surface area contributed by atoms with E-state index in [2.05, 4.69) is 21.6 Å². The Morgan fingerprint density at radius 2 is 1.28 bits per heavy atom. The van der Waals surface area contributed by atoms with Crippen molar-refractivity contribution in [3.05, 3.63) is 114 Å². The maximum absolute atomic E-state index is 13.1. The van der Waals surface area contributed by atoms with Gasteiger partial charge in [0.25, 0.3) is 11.8 Å². The molecular formula is C31H29N3O2. The van der Waals surface area contributed by atoms with E-state index in [1.165, 1.54) is 19.3 Å². The molecule has 1 fully saturated rings. The maximum Gasteiger partial charge on any atom is 0.256 e. The van der Waals surface area contributed by atoms with Gasteiger partial charge in [0.05, 0.1) is 11.4 Å². The summed E-state index contributed by atoms with van der Waals surface area (Å²) in [5.41, 5.74) is 5.50. The van der Waals surface area contributed by atoms with Crippen LogP contribution in [0, 0.1) is 0 Å². The molecule has 1 heterocycles. The van der Waals surface area contributed by atoms with Crippen molar-refractivity contribution in [1.29, 1.82) is 0 Å². The van der Waals surface area contributed by atoms with E-state index in [-0.39, 0.29) is 11.8 Å². The Bertz CT molecular complexity index is 1340. The van der Waals surface area contributed by atoms with E-state index in [1.807, 2.05) is 72.8 Å². The molecule has 5 heteroatoms. The molecule has 0 unspecified atom stereocenters. The SMILES string of the molecule is O=C(Nc1ccccc1N1CCCCC1)c1ccc(NC(=O)c2ccccc2-c2ccccc2)cc1. The summed E-state index contributed by atoms with van der Waals surface area (Å²) in [4.78, 5) is 28.4. The van der Waals surface area contributed by atoms with Crippen LogP contribution in [0.1, 0.15) is 40.0 Å². The molecule has 5 rings (SSSR count). The van der Waals surface area contributed by atoms with Crippen molar-refractivity contribution in [2.24, 2.45) is 0 Å². The Balaban J connectivity index is 1.28. The van der Waals surface area contributed by atoms with Crippen LogP contribution in [-0.2, 0) is 0 Å². The van der Waals surface area contributed by atoms with Crippen molar-refractivity contribution in [2.75, 3.05) is 28.6 Å². The lowest BCUT2D eigenvalue weighted by molar-refractivity contribution is 0.102. The number of carbonyl (C=O) groups excluding carboxylic acids is 2. The molecule has 4 aromatic carbocycles. The third kappa shape index (κ3) is 5.31. The van der Waals surface area contributed by atoms with Crippen LogP contribution >= 0.6 is 0 Å². The van der Waals surface area contributed by atoms with E-state index in [4.69, 9.17) is 0 Å². The third-order valence-corrected chi connectivity index (χ3v) is 6.51. The standard InChI is InChI=1S/C31H29N3O2/c35-30(33-28-15-7-8-16-29(28)34-21-9-2-10-22-34)24-17-19-25(20-18-24)32-31(36)27-14-6-5-13-26(27)23-11-3-1-4-12-23/h1,3-8,11-20H,2,9-10,21-22H2,(H,32,36)(H,33,35). The number of piperidine rings is 1. The van der Waals surface area contributed by atoms with E-state index >= 15 is 0 Å². The van der Waals surface area contributed by atoms with Gasteiger partial charge < -0.3 is 15.5 Å². The van der Waals surface area contributed by atoms with Gasteiger partial charge in [-0.3, -0.25) is 9.59 Å². The van der Waals surface area contributed by atoms with Crippen LogP contribution in [0.4, 0.5) is 17.1 Å². The van der Waals surface area contributed by atoms with Crippen LogP contribution in [-0.4, -0.2) is 24.9 Å². The number of nitrogens with zero attached hydrogens (tertiary/aromatic N) is 1. The average Bonchev–Trinajstić information content (AvgIpc) is 2.94. The molecule has 0 radical (unpaired) electrons. The number of hydrogen-bond acceptors (Lipinski definition) is 3. The number of amides is 2. The van der Waals surface area contributed by atoms with Gasteiger partial charge in [0.2, 0.25) is 0 Å². The topological polar surface area (TPSA) is 61.4 Å². The summed E-state index contributed by atoms with van der Waals surface area (Å²) in [6.45, 7) is 2.02. The van der Waals surface area contributed by atoms with Crippen molar-refractivity contribution in [3.63, 3.8) is 0 Å². The van der Waals surface area contributed by atoms with Crippen LogP contribution in [0.3, 0.4) is 0 Å². The molecule has 0 bridgehead atoms. The zero-order valence-electron chi connectivity index (χ0n) is 20.1. The molecule has 0 aromatic heterocycles. The third-order valence-electron chi connectivity index (χ3n) is 6.51. The monoisotopic (exact) mass is 475 g/mol.